The van der Waals surface area contributed by atoms with Crippen LogP contribution in [0.4, 0.5) is 0 Å². The highest BCUT2D eigenvalue weighted by molar-refractivity contribution is 5.33. The summed E-state index contributed by atoms with van der Waals surface area (Å²) in [5.74, 6) is 1.81. The molecule has 3 aromatic rings. The van der Waals surface area contributed by atoms with Crippen molar-refractivity contribution in [3.8, 4) is 5.75 Å². The molecule has 8 nitrogen and oxygen atoms in total. The zero-order valence-electron chi connectivity index (χ0n) is 18.2. The van der Waals surface area contributed by atoms with Crippen LogP contribution in [0.2, 0.25) is 0 Å². The molecule has 0 radical (unpaired) electrons. The zero-order valence-corrected chi connectivity index (χ0v) is 18.2. The molecule has 1 aromatic heterocycles. The number of tetrazole rings is 1. The lowest BCUT2D eigenvalue weighted by Crippen LogP contribution is -2.48. The van der Waals surface area contributed by atoms with Gasteiger partial charge >= 0.3 is 0 Å². The first-order valence-corrected chi connectivity index (χ1v) is 10.7. The summed E-state index contributed by atoms with van der Waals surface area (Å²) < 4.78 is 12.6. The van der Waals surface area contributed by atoms with Crippen molar-refractivity contribution in [1.82, 2.24) is 30.0 Å². The molecule has 0 saturated carbocycles. The van der Waals surface area contributed by atoms with Crippen molar-refractivity contribution in [2.45, 2.75) is 19.1 Å². The van der Waals surface area contributed by atoms with Crippen molar-refractivity contribution in [1.29, 1.82) is 0 Å². The Morgan fingerprint density at radius 3 is 2.42 bits per heavy atom. The summed E-state index contributed by atoms with van der Waals surface area (Å²) in [4.78, 5) is 4.95. The highest BCUT2D eigenvalue weighted by Crippen LogP contribution is 2.28. The van der Waals surface area contributed by atoms with Gasteiger partial charge in [0.05, 0.1) is 26.3 Å². The molecule has 1 saturated heterocycles. The topological polar surface area (TPSA) is 68.5 Å². The summed E-state index contributed by atoms with van der Waals surface area (Å²) in [7, 11) is 3.43. The first kappa shape index (κ1) is 21.4. The fourth-order valence-corrected chi connectivity index (χ4v) is 4.16. The van der Waals surface area contributed by atoms with Gasteiger partial charge in [0.2, 0.25) is 0 Å². The third-order valence-electron chi connectivity index (χ3n) is 5.79. The van der Waals surface area contributed by atoms with E-state index < -0.39 is 0 Å². The molecule has 31 heavy (non-hydrogen) atoms. The number of hydrogen-bond acceptors (Lipinski definition) is 7. The predicted molar refractivity (Wildman–Crippen MR) is 118 cm³/mol. The largest absolute Gasteiger partial charge is 0.496 e. The Morgan fingerprint density at radius 2 is 1.68 bits per heavy atom. The number of ether oxygens (including phenoxy) is 2. The molecule has 1 atom stereocenters. The Balaban J connectivity index is 1.50. The maximum absolute atomic E-state index is 5.53. The Hall–Kier alpha value is -2.81. The first-order valence-electron chi connectivity index (χ1n) is 10.7. The maximum atomic E-state index is 5.53. The van der Waals surface area contributed by atoms with E-state index in [1.165, 1.54) is 11.1 Å². The molecule has 4 rings (SSSR count). The molecular formula is C23H30N6O2. The van der Waals surface area contributed by atoms with Crippen LogP contribution in [0.1, 0.15) is 23.0 Å². The Bertz CT molecular complexity index is 940. The van der Waals surface area contributed by atoms with Crippen molar-refractivity contribution in [2.75, 3.05) is 47.0 Å². The lowest BCUT2D eigenvalue weighted by atomic mass is 10.0. The van der Waals surface area contributed by atoms with E-state index in [0.717, 1.165) is 44.3 Å². The second-order valence-corrected chi connectivity index (χ2v) is 7.69. The van der Waals surface area contributed by atoms with Gasteiger partial charge in [0.1, 0.15) is 5.75 Å². The number of rotatable bonds is 9. The Labute approximate surface area is 183 Å². The van der Waals surface area contributed by atoms with Crippen LogP contribution >= 0.6 is 0 Å². The minimum Gasteiger partial charge on any atom is -0.496 e. The van der Waals surface area contributed by atoms with E-state index in [4.69, 9.17) is 9.47 Å². The van der Waals surface area contributed by atoms with Gasteiger partial charge in [0.25, 0.3) is 0 Å². The second kappa shape index (κ2) is 10.5. The molecular weight excluding hydrogens is 392 g/mol. The number of benzene rings is 2. The van der Waals surface area contributed by atoms with Gasteiger partial charge in [-0.3, -0.25) is 9.80 Å². The molecule has 2 aromatic carbocycles. The van der Waals surface area contributed by atoms with Crippen LogP contribution in [0.3, 0.4) is 0 Å². The van der Waals surface area contributed by atoms with Crippen molar-refractivity contribution in [2.24, 2.45) is 0 Å². The number of para-hydroxylation sites is 1. The second-order valence-electron chi connectivity index (χ2n) is 7.69. The minimum atomic E-state index is 0.0152. The fourth-order valence-electron chi connectivity index (χ4n) is 4.16. The Kier molecular flexibility index (Phi) is 7.24. The molecule has 1 fully saturated rings. The van der Waals surface area contributed by atoms with E-state index >= 15 is 0 Å². The third kappa shape index (κ3) is 5.10. The van der Waals surface area contributed by atoms with Crippen LogP contribution in [0, 0.1) is 0 Å². The smallest absolute Gasteiger partial charge is 0.173 e. The van der Waals surface area contributed by atoms with E-state index in [1.807, 2.05) is 22.9 Å². The van der Waals surface area contributed by atoms with Crippen LogP contribution in [-0.2, 0) is 17.8 Å². The predicted octanol–water partition coefficient (Wildman–Crippen LogP) is 2.24. The van der Waals surface area contributed by atoms with Gasteiger partial charge in [-0.1, -0.05) is 48.5 Å². The molecule has 0 spiro atoms. The fraction of sp³-hybridized carbons (Fsp3) is 0.435. The SMILES string of the molecule is COCCn1nnnc1C(c1ccccc1)N1CCN(Cc2ccccc2OC)CC1. The van der Waals surface area contributed by atoms with Gasteiger partial charge in [0.15, 0.2) is 5.82 Å². The first-order chi connectivity index (χ1) is 15.3. The summed E-state index contributed by atoms with van der Waals surface area (Å²) in [6.45, 7) is 5.92. The maximum Gasteiger partial charge on any atom is 0.173 e. The normalized spacial score (nSPS) is 16.3. The number of methoxy groups -OCH3 is 2. The van der Waals surface area contributed by atoms with E-state index in [-0.39, 0.29) is 6.04 Å². The zero-order chi connectivity index (χ0) is 21.5. The average Bonchev–Trinajstić information content (AvgIpc) is 3.28. The summed E-state index contributed by atoms with van der Waals surface area (Å²) in [6, 6.07) is 18.8. The molecule has 8 heteroatoms. The van der Waals surface area contributed by atoms with Gasteiger partial charge in [-0.15, -0.1) is 5.10 Å². The molecule has 2 heterocycles. The number of nitrogens with zero attached hydrogens (tertiary/aromatic N) is 6. The summed E-state index contributed by atoms with van der Waals surface area (Å²) in [6.07, 6.45) is 0. The number of hydrogen-bond donors (Lipinski definition) is 0. The van der Waals surface area contributed by atoms with Gasteiger partial charge < -0.3 is 9.47 Å². The van der Waals surface area contributed by atoms with Crippen molar-refractivity contribution < 1.29 is 9.47 Å². The Morgan fingerprint density at radius 1 is 0.935 bits per heavy atom. The molecule has 0 bridgehead atoms. The monoisotopic (exact) mass is 422 g/mol. The van der Waals surface area contributed by atoms with Gasteiger partial charge in [0, 0.05) is 45.4 Å². The van der Waals surface area contributed by atoms with Gasteiger partial charge in [-0.05, 0) is 22.1 Å². The third-order valence-corrected chi connectivity index (χ3v) is 5.79. The summed E-state index contributed by atoms with van der Waals surface area (Å²) in [5, 5.41) is 12.6. The molecule has 0 N–H and O–H groups in total. The molecule has 1 unspecified atom stereocenters. The molecule has 164 valence electrons. The molecule has 0 aliphatic carbocycles. The van der Waals surface area contributed by atoms with Crippen LogP contribution in [0.15, 0.2) is 54.6 Å². The van der Waals surface area contributed by atoms with E-state index in [9.17, 15) is 0 Å². The quantitative estimate of drug-likeness (QED) is 0.524. The van der Waals surface area contributed by atoms with Crippen molar-refractivity contribution in [3.63, 3.8) is 0 Å². The van der Waals surface area contributed by atoms with Crippen molar-refractivity contribution >= 4 is 0 Å². The van der Waals surface area contributed by atoms with E-state index in [1.54, 1.807) is 14.2 Å². The van der Waals surface area contributed by atoms with Crippen LogP contribution < -0.4 is 4.74 Å². The highest BCUT2D eigenvalue weighted by atomic mass is 16.5. The standard InChI is InChI=1S/C23H30N6O2/c1-30-17-16-29-23(24-25-26-29)22(19-8-4-3-5-9-19)28-14-12-27(13-15-28)18-20-10-6-7-11-21(20)31-2/h3-11,22H,12-18H2,1-2H3. The minimum absolute atomic E-state index is 0.0152. The van der Waals surface area contributed by atoms with Gasteiger partial charge in [-0.2, -0.15) is 0 Å². The van der Waals surface area contributed by atoms with Crippen LogP contribution in [0.5, 0.6) is 5.75 Å². The van der Waals surface area contributed by atoms with Crippen LogP contribution in [0.25, 0.3) is 0 Å². The number of piperazine rings is 1. The van der Waals surface area contributed by atoms with Crippen LogP contribution in [-0.4, -0.2) is 77.0 Å². The highest BCUT2D eigenvalue weighted by Gasteiger charge is 2.30. The molecule has 0 amide bonds. The molecule has 1 aliphatic heterocycles. The molecule has 1 aliphatic rings. The summed E-state index contributed by atoms with van der Waals surface area (Å²) >= 11 is 0. The number of aromatic nitrogens is 4. The van der Waals surface area contributed by atoms with E-state index in [0.29, 0.717) is 13.2 Å². The average molecular weight is 423 g/mol. The van der Waals surface area contributed by atoms with Gasteiger partial charge in [-0.25, -0.2) is 4.68 Å². The summed E-state index contributed by atoms with van der Waals surface area (Å²) in [5.41, 5.74) is 2.43. The van der Waals surface area contributed by atoms with E-state index in [2.05, 4.69) is 61.7 Å². The lowest BCUT2D eigenvalue weighted by molar-refractivity contribution is 0.0983. The van der Waals surface area contributed by atoms with Crippen molar-refractivity contribution in [3.05, 3.63) is 71.5 Å². The lowest BCUT2D eigenvalue weighted by Gasteiger charge is -2.39.